The largest absolute Gasteiger partial charge is 0.444 e. The zero-order valence-electron chi connectivity index (χ0n) is 20.0. The highest BCUT2D eigenvalue weighted by atomic mass is 16.6. The van der Waals surface area contributed by atoms with Crippen LogP contribution in [0.5, 0.6) is 0 Å². The molecule has 2 fully saturated rings. The van der Waals surface area contributed by atoms with Crippen LogP contribution in [-0.2, 0) is 9.53 Å². The van der Waals surface area contributed by atoms with Crippen LogP contribution in [0.4, 0.5) is 16.2 Å². The van der Waals surface area contributed by atoms with Crippen LogP contribution in [0.3, 0.4) is 0 Å². The first-order valence-corrected chi connectivity index (χ1v) is 11.7. The molecule has 0 radical (unpaired) electrons. The molecule has 1 N–H and O–H groups in total. The number of aryl methyl sites for hydroxylation is 1. The fourth-order valence-electron chi connectivity index (χ4n) is 4.31. The molecule has 2 amide bonds. The van der Waals surface area contributed by atoms with E-state index in [0.717, 1.165) is 29.9 Å². The third-order valence-electron chi connectivity index (χ3n) is 6.31. The third kappa shape index (κ3) is 5.83. The summed E-state index contributed by atoms with van der Waals surface area (Å²) in [5.41, 5.74) is 3.66. The van der Waals surface area contributed by atoms with Gasteiger partial charge in [0.05, 0.1) is 17.8 Å². The summed E-state index contributed by atoms with van der Waals surface area (Å²) in [7, 11) is 0. The smallest absolute Gasteiger partial charge is 0.410 e. The minimum atomic E-state index is -0.468. The van der Waals surface area contributed by atoms with Gasteiger partial charge < -0.3 is 19.9 Å². The number of hydrogen-bond donors (Lipinski definition) is 1. The molecule has 33 heavy (non-hydrogen) atoms. The highest BCUT2D eigenvalue weighted by Gasteiger charge is 2.33. The number of benzene rings is 1. The van der Waals surface area contributed by atoms with E-state index in [1.807, 2.05) is 58.2 Å². The summed E-state index contributed by atoms with van der Waals surface area (Å²) in [6.45, 7) is 10.5. The van der Waals surface area contributed by atoms with Crippen LogP contribution in [-0.4, -0.2) is 53.7 Å². The van der Waals surface area contributed by atoms with Gasteiger partial charge >= 0.3 is 6.09 Å². The zero-order valence-corrected chi connectivity index (χ0v) is 20.0. The number of likely N-dealkylation sites (tertiary alicyclic amines) is 1. The Bertz CT molecular complexity index is 968. The lowest BCUT2D eigenvalue weighted by molar-refractivity contribution is -0.120. The van der Waals surface area contributed by atoms with Crippen molar-refractivity contribution in [3.05, 3.63) is 53.9 Å². The highest BCUT2D eigenvalue weighted by Crippen LogP contribution is 2.30. The van der Waals surface area contributed by atoms with Gasteiger partial charge in [0.15, 0.2) is 0 Å². The number of piperidine rings is 1. The minimum absolute atomic E-state index is 0.0110. The standard InChI is InChI=1S/C26H34N4O3/c1-18-5-10-23(15-27-18)30-16-21(17-30)24(31)28-22-8-6-19(7-9-22)20-11-13-29(14-12-20)25(32)33-26(2,3)4/h5-10,15,20-21H,11-14,16-17H2,1-4H3,(H,28,31). The maximum atomic E-state index is 12.6. The Morgan fingerprint density at radius 3 is 2.27 bits per heavy atom. The highest BCUT2D eigenvalue weighted by molar-refractivity contribution is 5.94. The second-order valence-corrected chi connectivity index (χ2v) is 10.1. The van der Waals surface area contributed by atoms with Crippen molar-refractivity contribution in [1.82, 2.24) is 9.88 Å². The summed E-state index contributed by atoms with van der Waals surface area (Å²) >= 11 is 0. The van der Waals surface area contributed by atoms with Crippen LogP contribution in [0, 0.1) is 12.8 Å². The summed E-state index contributed by atoms with van der Waals surface area (Å²) in [5, 5.41) is 3.05. The van der Waals surface area contributed by atoms with Crippen molar-refractivity contribution in [3.8, 4) is 0 Å². The van der Waals surface area contributed by atoms with E-state index in [2.05, 4.69) is 27.3 Å². The molecule has 176 valence electrons. The Kier molecular flexibility index (Phi) is 6.58. The Morgan fingerprint density at radius 2 is 1.70 bits per heavy atom. The fraction of sp³-hybridized carbons (Fsp3) is 0.500. The lowest BCUT2D eigenvalue weighted by Crippen LogP contribution is -2.52. The van der Waals surface area contributed by atoms with E-state index in [0.29, 0.717) is 32.1 Å². The fourth-order valence-corrected chi connectivity index (χ4v) is 4.31. The summed E-state index contributed by atoms with van der Waals surface area (Å²) < 4.78 is 5.48. The molecule has 2 aromatic rings. The molecule has 0 spiro atoms. The lowest BCUT2D eigenvalue weighted by Gasteiger charge is -2.39. The Morgan fingerprint density at radius 1 is 1.03 bits per heavy atom. The maximum absolute atomic E-state index is 12.6. The van der Waals surface area contributed by atoms with Gasteiger partial charge in [0.25, 0.3) is 0 Å². The number of rotatable bonds is 4. The molecular weight excluding hydrogens is 416 g/mol. The first-order chi connectivity index (χ1) is 15.7. The quantitative estimate of drug-likeness (QED) is 0.738. The first-order valence-electron chi connectivity index (χ1n) is 11.7. The minimum Gasteiger partial charge on any atom is -0.444 e. The van der Waals surface area contributed by atoms with Crippen molar-refractivity contribution in [2.45, 2.75) is 52.1 Å². The van der Waals surface area contributed by atoms with Crippen LogP contribution in [0.15, 0.2) is 42.6 Å². The van der Waals surface area contributed by atoms with Crippen molar-refractivity contribution in [3.63, 3.8) is 0 Å². The van der Waals surface area contributed by atoms with Gasteiger partial charge in [-0.25, -0.2) is 4.79 Å². The van der Waals surface area contributed by atoms with Gasteiger partial charge in [-0.05, 0) is 76.3 Å². The predicted molar refractivity (Wildman–Crippen MR) is 130 cm³/mol. The van der Waals surface area contributed by atoms with Gasteiger partial charge in [0.2, 0.25) is 5.91 Å². The molecule has 7 nitrogen and oxygen atoms in total. The van der Waals surface area contributed by atoms with E-state index in [1.165, 1.54) is 5.56 Å². The number of amides is 2. The summed E-state index contributed by atoms with van der Waals surface area (Å²) in [6.07, 6.45) is 3.46. The molecular formula is C26H34N4O3. The summed E-state index contributed by atoms with van der Waals surface area (Å²) in [6, 6.07) is 12.2. The lowest BCUT2D eigenvalue weighted by atomic mass is 9.89. The van der Waals surface area contributed by atoms with E-state index in [1.54, 1.807) is 4.90 Å². The van der Waals surface area contributed by atoms with Crippen LogP contribution >= 0.6 is 0 Å². The zero-order chi connectivity index (χ0) is 23.6. The molecule has 2 aliphatic rings. The molecule has 0 atom stereocenters. The maximum Gasteiger partial charge on any atom is 0.410 e. The van der Waals surface area contributed by atoms with Gasteiger partial charge in [-0.15, -0.1) is 0 Å². The topological polar surface area (TPSA) is 74.8 Å². The Labute approximate surface area is 196 Å². The molecule has 2 aliphatic heterocycles. The summed E-state index contributed by atoms with van der Waals surface area (Å²) in [4.78, 5) is 33.2. The first kappa shape index (κ1) is 23.1. The molecule has 0 unspecified atom stereocenters. The molecule has 1 aromatic carbocycles. The molecule has 4 rings (SSSR count). The summed E-state index contributed by atoms with van der Waals surface area (Å²) in [5.74, 6) is 0.463. The monoisotopic (exact) mass is 450 g/mol. The molecule has 0 saturated carbocycles. The van der Waals surface area contributed by atoms with Crippen LogP contribution in [0.25, 0.3) is 0 Å². The van der Waals surface area contributed by atoms with Gasteiger partial charge in [-0.2, -0.15) is 0 Å². The SMILES string of the molecule is Cc1ccc(N2CC(C(=O)Nc3ccc(C4CCN(C(=O)OC(C)(C)C)CC4)cc3)C2)cn1. The second kappa shape index (κ2) is 9.41. The predicted octanol–water partition coefficient (Wildman–Crippen LogP) is 4.58. The van der Waals surface area contributed by atoms with Gasteiger partial charge in [0.1, 0.15) is 5.60 Å². The molecule has 3 heterocycles. The van der Waals surface area contributed by atoms with Crippen molar-refractivity contribution in [1.29, 1.82) is 0 Å². The van der Waals surface area contributed by atoms with E-state index in [9.17, 15) is 9.59 Å². The number of anilines is 2. The molecule has 1 aromatic heterocycles. The van der Waals surface area contributed by atoms with E-state index >= 15 is 0 Å². The Hall–Kier alpha value is -3.09. The Balaban J connectivity index is 1.23. The van der Waals surface area contributed by atoms with E-state index in [-0.39, 0.29) is 17.9 Å². The number of ether oxygens (including phenoxy) is 1. The molecule has 0 aliphatic carbocycles. The van der Waals surface area contributed by atoms with Gasteiger partial charge in [-0.1, -0.05) is 12.1 Å². The number of pyridine rings is 1. The number of carbonyl (C=O) groups is 2. The average molecular weight is 451 g/mol. The number of hydrogen-bond acceptors (Lipinski definition) is 5. The number of nitrogens with zero attached hydrogens (tertiary/aromatic N) is 3. The van der Waals surface area contributed by atoms with Gasteiger partial charge in [0, 0.05) is 37.6 Å². The van der Waals surface area contributed by atoms with Crippen molar-refractivity contribution in [2.75, 3.05) is 36.4 Å². The van der Waals surface area contributed by atoms with Gasteiger partial charge in [-0.3, -0.25) is 9.78 Å². The number of nitrogens with one attached hydrogen (secondary N) is 1. The van der Waals surface area contributed by atoms with Crippen LogP contribution < -0.4 is 10.2 Å². The third-order valence-corrected chi connectivity index (χ3v) is 6.31. The van der Waals surface area contributed by atoms with Crippen molar-refractivity contribution < 1.29 is 14.3 Å². The van der Waals surface area contributed by atoms with E-state index in [4.69, 9.17) is 4.74 Å². The average Bonchev–Trinajstić information content (AvgIpc) is 2.73. The normalized spacial score (nSPS) is 17.5. The number of aromatic nitrogens is 1. The number of carbonyl (C=O) groups excluding carboxylic acids is 2. The van der Waals surface area contributed by atoms with Crippen LogP contribution in [0.1, 0.15) is 50.8 Å². The van der Waals surface area contributed by atoms with Crippen molar-refractivity contribution >= 4 is 23.4 Å². The van der Waals surface area contributed by atoms with E-state index < -0.39 is 5.60 Å². The second-order valence-electron chi connectivity index (χ2n) is 10.1. The molecule has 0 bridgehead atoms. The molecule has 7 heteroatoms. The van der Waals surface area contributed by atoms with Crippen molar-refractivity contribution in [2.24, 2.45) is 5.92 Å². The molecule has 2 saturated heterocycles. The van der Waals surface area contributed by atoms with Crippen LogP contribution in [0.2, 0.25) is 0 Å².